The fourth-order valence-electron chi connectivity index (χ4n) is 1.75. The molecule has 0 radical (unpaired) electrons. The van der Waals surface area contributed by atoms with Gasteiger partial charge in [-0.15, -0.1) is 0 Å². The van der Waals surface area contributed by atoms with Gasteiger partial charge in [-0.1, -0.05) is 13.8 Å². The van der Waals surface area contributed by atoms with E-state index in [2.05, 4.69) is 39.7 Å². The minimum atomic E-state index is 0.0457. The average Bonchev–Trinajstić information content (AvgIpc) is 2.33. The number of rotatable bonds is 6. The van der Waals surface area contributed by atoms with E-state index in [1.807, 2.05) is 25.1 Å². The number of pyridine rings is 1. The Labute approximate surface area is 123 Å². The van der Waals surface area contributed by atoms with Crippen LogP contribution in [0.3, 0.4) is 0 Å². The van der Waals surface area contributed by atoms with Crippen LogP contribution in [0.5, 0.6) is 0 Å². The SMILES string of the molecule is CC(C)CN(CCN(C)C)C(=O)c1cncc(Br)c1. The van der Waals surface area contributed by atoms with Gasteiger partial charge in [-0.05, 0) is 42.0 Å². The highest BCUT2D eigenvalue weighted by Crippen LogP contribution is 2.12. The first kappa shape index (κ1) is 16.1. The number of nitrogens with zero attached hydrogens (tertiary/aromatic N) is 3. The number of carbonyl (C=O) groups excluding carboxylic acids is 1. The van der Waals surface area contributed by atoms with Crippen LogP contribution in [-0.2, 0) is 0 Å². The molecular weight excluding hydrogens is 306 g/mol. The summed E-state index contributed by atoms with van der Waals surface area (Å²) in [5.74, 6) is 0.496. The first-order chi connectivity index (χ1) is 8.90. The molecule has 0 spiro atoms. The number of amides is 1. The molecule has 19 heavy (non-hydrogen) atoms. The molecule has 0 atom stereocenters. The average molecular weight is 328 g/mol. The zero-order valence-electron chi connectivity index (χ0n) is 12.1. The summed E-state index contributed by atoms with van der Waals surface area (Å²) in [6.07, 6.45) is 3.31. The maximum Gasteiger partial charge on any atom is 0.255 e. The highest BCUT2D eigenvalue weighted by Gasteiger charge is 2.17. The van der Waals surface area contributed by atoms with Crippen molar-refractivity contribution in [1.29, 1.82) is 0 Å². The fourth-order valence-corrected chi connectivity index (χ4v) is 2.11. The van der Waals surface area contributed by atoms with E-state index >= 15 is 0 Å². The van der Waals surface area contributed by atoms with E-state index in [0.29, 0.717) is 11.5 Å². The zero-order valence-corrected chi connectivity index (χ0v) is 13.6. The van der Waals surface area contributed by atoms with Crippen LogP contribution in [0.25, 0.3) is 0 Å². The molecule has 0 aromatic carbocycles. The number of hydrogen-bond donors (Lipinski definition) is 0. The van der Waals surface area contributed by atoms with Gasteiger partial charge < -0.3 is 9.80 Å². The molecule has 106 valence electrons. The highest BCUT2D eigenvalue weighted by molar-refractivity contribution is 9.10. The third kappa shape index (κ3) is 5.70. The molecule has 1 aromatic rings. The second-order valence-electron chi connectivity index (χ2n) is 5.34. The van der Waals surface area contributed by atoms with Gasteiger partial charge in [0.1, 0.15) is 0 Å². The van der Waals surface area contributed by atoms with Crippen molar-refractivity contribution in [2.24, 2.45) is 5.92 Å². The molecule has 0 saturated heterocycles. The van der Waals surface area contributed by atoms with Gasteiger partial charge in [-0.25, -0.2) is 0 Å². The number of hydrogen-bond acceptors (Lipinski definition) is 3. The summed E-state index contributed by atoms with van der Waals surface area (Å²) in [4.78, 5) is 20.5. The molecule has 0 saturated carbocycles. The van der Waals surface area contributed by atoms with E-state index in [9.17, 15) is 4.79 Å². The van der Waals surface area contributed by atoms with E-state index in [4.69, 9.17) is 0 Å². The maximum atomic E-state index is 12.5. The van der Waals surface area contributed by atoms with Gasteiger partial charge in [-0.3, -0.25) is 9.78 Å². The third-order valence-electron chi connectivity index (χ3n) is 2.64. The lowest BCUT2D eigenvalue weighted by atomic mass is 10.1. The molecule has 4 nitrogen and oxygen atoms in total. The van der Waals surface area contributed by atoms with E-state index < -0.39 is 0 Å². The second kappa shape index (κ2) is 7.60. The van der Waals surface area contributed by atoms with Crippen LogP contribution in [0.4, 0.5) is 0 Å². The standard InChI is InChI=1S/C14H22BrN3O/c1-11(2)10-18(6-5-17(3)4)14(19)12-7-13(15)9-16-8-12/h7-9,11H,5-6,10H2,1-4H3. The van der Waals surface area contributed by atoms with Crippen LogP contribution in [-0.4, -0.2) is 54.4 Å². The zero-order chi connectivity index (χ0) is 14.4. The summed E-state index contributed by atoms with van der Waals surface area (Å²) in [6, 6.07) is 1.82. The van der Waals surface area contributed by atoms with E-state index in [1.54, 1.807) is 12.4 Å². The number of carbonyl (C=O) groups is 1. The highest BCUT2D eigenvalue weighted by atomic mass is 79.9. The van der Waals surface area contributed by atoms with Gasteiger partial charge in [0, 0.05) is 36.5 Å². The fraction of sp³-hybridized carbons (Fsp3) is 0.571. The second-order valence-corrected chi connectivity index (χ2v) is 6.26. The van der Waals surface area contributed by atoms with Crippen LogP contribution < -0.4 is 0 Å². The Morgan fingerprint density at radius 2 is 2.00 bits per heavy atom. The molecule has 0 aliphatic rings. The summed E-state index contributed by atoms with van der Waals surface area (Å²) < 4.78 is 0.829. The predicted molar refractivity (Wildman–Crippen MR) is 81.2 cm³/mol. The molecular formula is C14H22BrN3O. The van der Waals surface area contributed by atoms with Crippen molar-refractivity contribution in [3.05, 3.63) is 28.5 Å². The topological polar surface area (TPSA) is 36.4 Å². The van der Waals surface area contributed by atoms with Gasteiger partial charge in [0.2, 0.25) is 0 Å². The van der Waals surface area contributed by atoms with Crippen LogP contribution in [0, 0.1) is 5.92 Å². The lowest BCUT2D eigenvalue weighted by Crippen LogP contribution is -2.39. The Kier molecular flexibility index (Phi) is 6.45. The molecule has 1 rings (SSSR count). The Hall–Kier alpha value is -0.940. The van der Waals surface area contributed by atoms with Gasteiger partial charge in [0.05, 0.1) is 5.56 Å². The smallest absolute Gasteiger partial charge is 0.255 e. The molecule has 1 aromatic heterocycles. The van der Waals surface area contributed by atoms with Crippen molar-refractivity contribution >= 4 is 21.8 Å². The summed E-state index contributed by atoms with van der Waals surface area (Å²) in [5, 5.41) is 0. The molecule has 0 N–H and O–H groups in total. The van der Waals surface area contributed by atoms with Gasteiger partial charge in [0.25, 0.3) is 5.91 Å². The van der Waals surface area contributed by atoms with Crippen molar-refractivity contribution in [3.63, 3.8) is 0 Å². The Morgan fingerprint density at radius 1 is 1.32 bits per heavy atom. The Bertz CT molecular complexity index is 421. The summed E-state index contributed by atoms with van der Waals surface area (Å²) in [6.45, 7) is 6.60. The molecule has 1 amide bonds. The monoisotopic (exact) mass is 327 g/mol. The van der Waals surface area contributed by atoms with E-state index in [-0.39, 0.29) is 5.91 Å². The summed E-state index contributed by atoms with van der Waals surface area (Å²) >= 11 is 3.35. The van der Waals surface area contributed by atoms with Crippen LogP contribution in [0.15, 0.2) is 22.9 Å². The lowest BCUT2D eigenvalue weighted by molar-refractivity contribution is 0.0724. The molecule has 0 aliphatic carbocycles. The minimum Gasteiger partial charge on any atom is -0.337 e. The van der Waals surface area contributed by atoms with Gasteiger partial charge in [-0.2, -0.15) is 0 Å². The maximum absolute atomic E-state index is 12.5. The third-order valence-corrected chi connectivity index (χ3v) is 3.08. The van der Waals surface area contributed by atoms with E-state index in [0.717, 1.165) is 24.1 Å². The molecule has 1 heterocycles. The van der Waals surface area contributed by atoms with E-state index in [1.165, 1.54) is 0 Å². The van der Waals surface area contributed by atoms with Gasteiger partial charge in [0.15, 0.2) is 0 Å². The van der Waals surface area contributed by atoms with Crippen LogP contribution in [0.1, 0.15) is 24.2 Å². The molecule has 0 unspecified atom stereocenters. The van der Waals surface area contributed by atoms with Gasteiger partial charge >= 0.3 is 0 Å². The van der Waals surface area contributed by atoms with Crippen molar-refractivity contribution in [2.75, 3.05) is 33.7 Å². The molecule has 0 fully saturated rings. The molecule has 0 bridgehead atoms. The van der Waals surface area contributed by atoms with Crippen molar-refractivity contribution < 1.29 is 4.79 Å². The quantitative estimate of drug-likeness (QED) is 0.805. The number of aromatic nitrogens is 1. The predicted octanol–water partition coefficient (Wildman–Crippen LogP) is 2.50. The van der Waals surface area contributed by atoms with Crippen molar-refractivity contribution in [2.45, 2.75) is 13.8 Å². The normalized spacial score (nSPS) is 11.1. The molecule has 0 aliphatic heterocycles. The Balaban J connectivity index is 2.81. The first-order valence-electron chi connectivity index (χ1n) is 6.44. The summed E-state index contributed by atoms with van der Waals surface area (Å²) in [5.41, 5.74) is 0.633. The number of halogens is 1. The Morgan fingerprint density at radius 3 is 2.53 bits per heavy atom. The van der Waals surface area contributed by atoms with Crippen LogP contribution in [0.2, 0.25) is 0 Å². The van der Waals surface area contributed by atoms with Crippen molar-refractivity contribution in [3.8, 4) is 0 Å². The largest absolute Gasteiger partial charge is 0.337 e. The van der Waals surface area contributed by atoms with Crippen LogP contribution >= 0.6 is 15.9 Å². The lowest BCUT2D eigenvalue weighted by Gasteiger charge is -2.26. The van der Waals surface area contributed by atoms with Crippen molar-refractivity contribution in [1.82, 2.24) is 14.8 Å². The summed E-state index contributed by atoms with van der Waals surface area (Å²) in [7, 11) is 4.03. The number of likely N-dealkylation sites (N-methyl/N-ethyl adjacent to an activating group) is 1. The first-order valence-corrected chi connectivity index (χ1v) is 7.24. The molecule has 5 heteroatoms. The minimum absolute atomic E-state index is 0.0457.